The minimum atomic E-state index is -4.78. The maximum absolute atomic E-state index is 12.7. The molecule has 2 aromatic carbocycles. The molecule has 40 heavy (non-hydrogen) atoms. The summed E-state index contributed by atoms with van der Waals surface area (Å²) in [6, 6.07) is 18.8. The monoisotopic (exact) mass is 569 g/mol. The fraction of sp³-hybridized carbons (Fsp3) is 0.250. The van der Waals surface area contributed by atoms with Crippen LogP contribution in [0.1, 0.15) is 20.8 Å². The number of amides is 1. The molecule has 0 aliphatic carbocycles. The first-order valence-corrected chi connectivity index (χ1v) is 13.3. The van der Waals surface area contributed by atoms with Crippen molar-refractivity contribution in [3.05, 3.63) is 88.9 Å². The number of ether oxygens (including phenoxy) is 2. The zero-order valence-corrected chi connectivity index (χ0v) is 22.1. The lowest BCUT2D eigenvalue weighted by atomic mass is 10.2. The van der Waals surface area contributed by atoms with E-state index in [-0.39, 0.29) is 18.2 Å². The number of thiophene rings is 1. The molecule has 208 valence electrons. The molecule has 1 saturated heterocycles. The summed E-state index contributed by atoms with van der Waals surface area (Å²) < 4.78 is 46.8. The molecular formula is C28H26F3N5O3S. The molecule has 0 atom stereocenters. The number of halogens is 3. The first-order chi connectivity index (χ1) is 19.3. The highest BCUT2D eigenvalue weighted by Crippen LogP contribution is 2.28. The van der Waals surface area contributed by atoms with Crippen LogP contribution in [0.4, 0.5) is 24.8 Å². The molecule has 4 aromatic rings. The van der Waals surface area contributed by atoms with Gasteiger partial charge in [-0.2, -0.15) is 0 Å². The van der Waals surface area contributed by atoms with E-state index in [1.165, 1.54) is 35.1 Å². The number of hydrogen-bond donors (Lipinski definition) is 2. The first kappa shape index (κ1) is 27.6. The number of nitrogens with one attached hydrogen (secondary N) is 2. The van der Waals surface area contributed by atoms with E-state index < -0.39 is 6.36 Å². The summed E-state index contributed by atoms with van der Waals surface area (Å²) in [5.74, 6) is -0.251. The highest BCUT2D eigenvalue weighted by atomic mass is 32.1. The van der Waals surface area contributed by atoms with E-state index in [1.54, 1.807) is 30.5 Å². The summed E-state index contributed by atoms with van der Waals surface area (Å²) in [5, 5.41) is 5.99. The van der Waals surface area contributed by atoms with Crippen LogP contribution >= 0.6 is 11.3 Å². The number of alkyl halides is 3. The lowest BCUT2D eigenvalue weighted by molar-refractivity contribution is -0.274. The van der Waals surface area contributed by atoms with Crippen molar-refractivity contribution in [2.45, 2.75) is 19.5 Å². The summed E-state index contributed by atoms with van der Waals surface area (Å²) in [5.41, 5.74) is 3.19. The van der Waals surface area contributed by atoms with E-state index in [0.29, 0.717) is 22.1 Å². The number of aromatic nitrogens is 2. The van der Waals surface area contributed by atoms with Crippen LogP contribution in [0.15, 0.2) is 72.9 Å². The standard InChI is InChI=1S/C28H26F3N5O3S/c29-28(30,31)39-22-6-2-3-19(16-22)17-33-26(37)25-8-7-24(40-25)23-9-10-32-27(35-23)34-21-5-1-4-20(15-21)18-36-11-13-38-14-12-36/h1-10,15-16H,11-14,17-18H2,(H,33,37)(H,32,34,35). The van der Waals surface area contributed by atoms with Crippen LogP contribution in [0.2, 0.25) is 0 Å². The van der Waals surface area contributed by atoms with Crippen LogP contribution in [0, 0.1) is 0 Å². The number of nitrogens with zero attached hydrogens (tertiary/aromatic N) is 3. The Morgan fingerprint density at radius 3 is 2.65 bits per heavy atom. The van der Waals surface area contributed by atoms with E-state index in [9.17, 15) is 18.0 Å². The zero-order valence-electron chi connectivity index (χ0n) is 21.3. The van der Waals surface area contributed by atoms with Gasteiger partial charge < -0.3 is 20.1 Å². The second-order valence-electron chi connectivity index (χ2n) is 9.02. The molecule has 3 heterocycles. The average Bonchev–Trinajstić information content (AvgIpc) is 3.43. The number of rotatable bonds is 9. The maximum atomic E-state index is 12.7. The van der Waals surface area contributed by atoms with Crippen molar-refractivity contribution in [3.63, 3.8) is 0 Å². The predicted octanol–water partition coefficient (Wildman–Crippen LogP) is 5.61. The second-order valence-corrected chi connectivity index (χ2v) is 10.1. The zero-order chi connectivity index (χ0) is 28.0. The van der Waals surface area contributed by atoms with Gasteiger partial charge >= 0.3 is 6.36 Å². The van der Waals surface area contributed by atoms with Crippen molar-refractivity contribution in [1.29, 1.82) is 0 Å². The summed E-state index contributed by atoms with van der Waals surface area (Å²) >= 11 is 1.26. The van der Waals surface area contributed by atoms with E-state index in [1.807, 2.05) is 12.1 Å². The third kappa shape index (κ3) is 7.78. The van der Waals surface area contributed by atoms with Crippen molar-refractivity contribution in [2.24, 2.45) is 0 Å². The number of carbonyl (C=O) groups is 1. The maximum Gasteiger partial charge on any atom is 0.573 e. The Balaban J connectivity index is 1.20. The first-order valence-electron chi connectivity index (χ1n) is 12.5. The second kappa shape index (κ2) is 12.5. The molecule has 1 amide bonds. The molecule has 0 spiro atoms. The molecule has 1 aliphatic heterocycles. The highest BCUT2D eigenvalue weighted by Gasteiger charge is 2.31. The van der Waals surface area contributed by atoms with E-state index in [4.69, 9.17) is 4.74 Å². The molecule has 1 fully saturated rings. The van der Waals surface area contributed by atoms with Gasteiger partial charge in [-0.25, -0.2) is 9.97 Å². The Morgan fingerprint density at radius 2 is 1.82 bits per heavy atom. The van der Waals surface area contributed by atoms with Gasteiger partial charge in [0.05, 0.1) is 28.7 Å². The summed E-state index contributed by atoms with van der Waals surface area (Å²) in [4.78, 5) is 25.2. The molecule has 8 nitrogen and oxygen atoms in total. The fourth-order valence-electron chi connectivity index (χ4n) is 4.17. The quantitative estimate of drug-likeness (QED) is 0.271. The lowest BCUT2D eigenvalue weighted by Gasteiger charge is -2.26. The molecule has 12 heteroatoms. The van der Waals surface area contributed by atoms with Gasteiger partial charge in [0, 0.05) is 38.1 Å². The SMILES string of the molecule is O=C(NCc1cccc(OC(F)(F)F)c1)c1ccc(-c2ccnc(Nc3cccc(CN4CCOCC4)c3)n2)s1. The minimum Gasteiger partial charge on any atom is -0.406 e. The molecule has 2 aromatic heterocycles. The normalized spacial score (nSPS) is 14.1. The fourth-order valence-corrected chi connectivity index (χ4v) is 5.06. The number of morpholine rings is 1. The van der Waals surface area contributed by atoms with Crippen LogP contribution in [-0.4, -0.2) is 53.4 Å². The van der Waals surface area contributed by atoms with Crippen molar-refractivity contribution in [3.8, 4) is 16.3 Å². The molecule has 0 radical (unpaired) electrons. The topological polar surface area (TPSA) is 88.6 Å². The summed E-state index contributed by atoms with van der Waals surface area (Å²) in [7, 11) is 0. The molecule has 0 unspecified atom stereocenters. The number of anilines is 2. The Kier molecular flexibility index (Phi) is 8.58. The smallest absolute Gasteiger partial charge is 0.406 e. The van der Waals surface area contributed by atoms with E-state index >= 15 is 0 Å². The molecule has 5 rings (SSSR count). The van der Waals surface area contributed by atoms with E-state index in [2.05, 4.69) is 42.4 Å². The van der Waals surface area contributed by atoms with Crippen LogP contribution in [0.25, 0.3) is 10.6 Å². The van der Waals surface area contributed by atoms with Gasteiger partial charge in [0.1, 0.15) is 5.75 Å². The van der Waals surface area contributed by atoms with Crippen LogP contribution < -0.4 is 15.4 Å². The van der Waals surface area contributed by atoms with E-state index in [0.717, 1.165) is 43.4 Å². The third-order valence-corrected chi connectivity index (χ3v) is 7.12. The number of hydrogen-bond acceptors (Lipinski definition) is 8. The third-order valence-electron chi connectivity index (χ3n) is 6.02. The summed E-state index contributed by atoms with van der Waals surface area (Å²) in [6.45, 7) is 4.21. The Bertz CT molecular complexity index is 1460. The molecular weight excluding hydrogens is 543 g/mol. The van der Waals surface area contributed by atoms with Crippen molar-refractivity contribution in [1.82, 2.24) is 20.2 Å². The lowest BCUT2D eigenvalue weighted by Crippen LogP contribution is -2.35. The van der Waals surface area contributed by atoms with Crippen molar-refractivity contribution < 1.29 is 27.4 Å². The van der Waals surface area contributed by atoms with Gasteiger partial charge in [0.15, 0.2) is 0 Å². The van der Waals surface area contributed by atoms with Crippen molar-refractivity contribution in [2.75, 3.05) is 31.6 Å². The number of benzene rings is 2. The average molecular weight is 570 g/mol. The summed E-state index contributed by atoms with van der Waals surface area (Å²) in [6.07, 6.45) is -3.13. The van der Waals surface area contributed by atoms with Gasteiger partial charge in [-0.1, -0.05) is 24.3 Å². The minimum absolute atomic E-state index is 0.0489. The Morgan fingerprint density at radius 1 is 1.02 bits per heavy atom. The van der Waals surface area contributed by atoms with Gasteiger partial charge in [-0.05, 0) is 53.6 Å². The largest absolute Gasteiger partial charge is 0.573 e. The highest BCUT2D eigenvalue weighted by molar-refractivity contribution is 7.17. The van der Waals surface area contributed by atoms with Gasteiger partial charge in [-0.15, -0.1) is 24.5 Å². The molecule has 0 saturated carbocycles. The van der Waals surface area contributed by atoms with Crippen molar-refractivity contribution >= 4 is 28.9 Å². The molecule has 2 N–H and O–H groups in total. The van der Waals surface area contributed by atoms with Crippen LogP contribution in [0.5, 0.6) is 5.75 Å². The Labute approximate surface area is 232 Å². The van der Waals surface area contributed by atoms with Crippen LogP contribution in [0.3, 0.4) is 0 Å². The number of carbonyl (C=O) groups excluding carboxylic acids is 1. The van der Waals surface area contributed by atoms with Crippen LogP contribution in [-0.2, 0) is 17.8 Å². The van der Waals surface area contributed by atoms with Gasteiger partial charge in [-0.3, -0.25) is 9.69 Å². The van der Waals surface area contributed by atoms with Gasteiger partial charge in [0.25, 0.3) is 5.91 Å². The Hall–Kier alpha value is -4.00. The molecule has 1 aliphatic rings. The molecule has 0 bridgehead atoms. The predicted molar refractivity (Wildman–Crippen MR) is 145 cm³/mol. The van der Waals surface area contributed by atoms with Gasteiger partial charge in [0.2, 0.25) is 5.95 Å².